The molecular formula is C27H33N7O4S. The predicted octanol–water partition coefficient (Wildman–Crippen LogP) is 1.46. The predicted molar refractivity (Wildman–Crippen MR) is 147 cm³/mol. The van der Waals surface area contributed by atoms with Gasteiger partial charge >= 0.3 is 0 Å². The van der Waals surface area contributed by atoms with Crippen molar-refractivity contribution in [3.05, 3.63) is 29.3 Å². The van der Waals surface area contributed by atoms with Crippen molar-refractivity contribution in [1.82, 2.24) is 24.8 Å². The van der Waals surface area contributed by atoms with Gasteiger partial charge in [0.05, 0.1) is 28.5 Å². The van der Waals surface area contributed by atoms with E-state index in [9.17, 15) is 13.2 Å². The van der Waals surface area contributed by atoms with Crippen LogP contribution >= 0.6 is 0 Å². The number of anilines is 3. The summed E-state index contributed by atoms with van der Waals surface area (Å²) < 4.78 is 30.1. The Labute approximate surface area is 228 Å². The Kier molecular flexibility index (Phi) is 6.81. The van der Waals surface area contributed by atoms with Gasteiger partial charge in [0.2, 0.25) is 0 Å². The van der Waals surface area contributed by atoms with Crippen LogP contribution in [0.2, 0.25) is 0 Å². The Bertz CT molecular complexity index is 1440. The maximum Gasteiger partial charge on any atom is 0.298 e. The Balaban J connectivity index is 1.14. The number of rotatable bonds is 3. The van der Waals surface area contributed by atoms with E-state index in [4.69, 9.17) is 9.72 Å². The third-order valence-corrected chi connectivity index (χ3v) is 9.80. The Morgan fingerprint density at radius 2 is 1.87 bits per heavy atom. The minimum atomic E-state index is -3.00. The first kappa shape index (κ1) is 25.8. The number of likely N-dealkylation sites (tertiary alicyclic amines) is 2. The zero-order valence-electron chi connectivity index (χ0n) is 22.3. The molecule has 0 aromatic carbocycles. The molecule has 0 spiro atoms. The molecule has 2 aromatic rings. The molecule has 6 rings (SSSR count). The zero-order valence-corrected chi connectivity index (χ0v) is 23.1. The van der Waals surface area contributed by atoms with Crippen LogP contribution in [0.4, 0.5) is 17.3 Å². The number of nitrogens with zero attached hydrogens (tertiary/aromatic N) is 6. The molecule has 12 heteroatoms. The van der Waals surface area contributed by atoms with E-state index in [1.807, 2.05) is 16.7 Å². The van der Waals surface area contributed by atoms with Crippen LogP contribution in [0.1, 0.15) is 42.6 Å². The van der Waals surface area contributed by atoms with E-state index in [-0.39, 0.29) is 24.0 Å². The van der Waals surface area contributed by atoms with Crippen LogP contribution in [-0.2, 0) is 21.2 Å². The third kappa shape index (κ3) is 5.13. The molecule has 6 heterocycles. The average molecular weight is 552 g/mol. The second-order valence-corrected chi connectivity index (χ2v) is 12.9. The van der Waals surface area contributed by atoms with Gasteiger partial charge in [-0.15, -0.1) is 0 Å². The second-order valence-electron chi connectivity index (χ2n) is 10.6. The first-order valence-corrected chi connectivity index (χ1v) is 15.3. The molecule has 0 bridgehead atoms. The molecule has 11 nitrogen and oxygen atoms in total. The van der Waals surface area contributed by atoms with Crippen LogP contribution in [0.15, 0.2) is 12.4 Å². The summed E-state index contributed by atoms with van der Waals surface area (Å²) in [6.07, 6.45) is 3.53. The number of amides is 1. The zero-order chi connectivity index (χ0) is 27.1. The lowest BCUT2D eigenvalue weighted by atomic mass is 9.90. The van der Waals surface area contributed by atoms with Gasteiger partial charge < -0.3 is 19.9 Å². The number of piperidine rings is 1. The van der Waals surface area contributed by atoms with Gasteiger partial charge in [-0.2, -0.15) is 0 Å². The van der Waals surface area contributed by atoms with Crippen LogP contribution < -0.4 is 15.0 Å². The van der Waals surface area contributed by atoms with Gasteiger partial charge in [-0.1, -0.05) is 5.92 Å². The van der Waals surface area contributed by atoms with Crippen molar-refractivity contribution in [2.24, 2.45) is 0 Å². The number of carbonyl (C=O) groups excluding carboxylic acids is 1. The number of hydrogen-bond donors (Lipinski definition) is 1. The average Bonchev–Trinajstić information content (AvgIpc) is 3.08. The fraction of sp³-hybridized carbons (Fsp3) is 0.556. The first-order chi connectivity index (χ1) is 18.8. The van der Waals surface area contributed by atoms with Crippen LogP contribution in [0.3, 0.4) is 0 Å². The van der Waals surface area contributed by atoms with Gasteiger partial charge in [-0.3, -0.25) is 14.7 Å². The smallest absolute Gasteiger partial charge is 0.298 e. The summed E-state index contributed by atoms with van der Waals surface area (Å²) in [6.45, 7) is 8.21. The van der Waals surface area contributed by atoms with Crippen molar-refractivity contribution < 1.29 is 17.9 Å². The van der Waals surface area contributed by atoms with Crippen molar-refractivity contribution in [2.45, 2.75) is 45.3 Å². The van der Waals surface area contributed by atoms with Crippen LogP contribution in [0.5, 0.6) is 5.75 Å². The Hall–Kier alpha value is -3.43. The molecule has 206 valence electrons. The van der Waals surface area contributed by atoms with Crippen molar-refractivity contribution >= 4 is 33.1 Å². The van der Waals surface area contributed by atoms with Crippen LogP contribution in [0, 0.1) is 18.8 Å². The molecule has 0 radical (unpaired) electrons. The molecule has 3 fully saturated rings. The Morgan fingerprint density at radius 3 is 2.59 bits per heavy atom. The van der Waals surface area contributed by atoms with Gasteiger partial charge in [-0.25, -0.2) is 18.4 Å². The highest BCUT2D eigenvalue weighted by Gasteiger charge is 2.36. The number of aryl methyl sites for hydroxylation is 1. The maximum atomic E-state index is 11.9. The number of hydrogen-bond acceptors (Lipinski definition) is 10. The van der Waals surface area contributed by atoms with E-state index < -0.39 is 9.84 Å². The fourth-order valence-electron chi connectivity index (χ4n) is 5.88. The topological polar surface area (TPSA) is 121 Å². The highest BCUT2D eigenvalue weighted by Crippen LogP contribution is 2.40. The molecule has 39 heavy (non-hydrogen) atoms. The summed E-state index contributed by atoms with van der Waals surface area (Å²) in [4.78, 5) is 32.2. The van der Waals surface area contributed by atoms with Gasteiger partial charge in [0.15, 0.2) is 15.6 Å². The molecule has 3 saturated heterocycles. The lowest BCUT2D eigenvalue weighted by Crippen LogP contribution is -2.61. The summed E-state index contributed by atoms with van der Waals surface area (Å²) in [6, 6.07) is 2.50. The molecule has 0 atom stereocenters. The fourth-order valence-corrected chi connectivity index (χ4v) is 7.08. The number of aromatic nitrogens is 3. The monoisotopic (exact) mass is 551 g/mol. The van der Waals surface area contributed by atoms with Crippen LogP contribution in [0.25, 0.3) is 0 Å². The van der Waals surface area contributed by atoms with E-state index in [0.717, 1.165) is 61.7 Å². The Morgan fingerprint density at radius 1 is 1.13 bits per heavy atom. The van der Waals surface area contributed by atoms with E-state index in [1.54, 1.807) is 6.92 Å². The lowest BCUT2D eigenvalue weighted by molar-refractivity contribution is -0.132. The van der Waals surface area contributed by atoms with Gasteiger partial charge in [0.25, 0.3) is 5.91 Å². The summed E-state index contributed by atoms with van der Waals surface area (Å²) >= 11 is 0. The highest BCUT2D eigenvalue weighted by molar-refractivity contribution is 7.91. The van der Waals surface area contributed by atoms with Gasteiger partial charge in [-0.05, 0) is 51.8 Å². The maximum absolute atomic E-state index is 11.9. The molecule has 0 unspecified atom stereocenters. The minimum absolute atomic E-state index is 0.0779. The standard InChI is InChI=1S/C27H33N7O4S/c1-3-4-24(35)34-14-20(15-34)32-7-5-19(6-8-32)22-13-23-25(18(2)30-22)38-16-21-26(31-23)28-17-29-27(21)33-9-11-39(36,37)12-10-33/h13,17,19-20H,5-12,14-16H2,1-2H3,(H,28,29,31). The summed E-state index contributed by atoms with van der Waals surface area (Å²) in [5.74, 6) is 7.91. The van der Waals surface area contributed by atoms with Crippen molar-refractivity contribution in [3.8, 4) is 17.6 Å². The quantitative estimate of drug-likeness (QED) is 0.562. The molecule has 1 N–H and O–H groups in total. The number of fused-ring (bicyclic) bond motifs is 2. The normalized spacial score (nSPS) is 21.3. The lowest BCUT2D eigenvalue weighted by Gasteiger charge is -2.47. The minimum Gasteiger partial charge on any atom is -0.485 e. The summed E-state index contributed by atoms with van der Waals surface area (Å²) in [5.41, 5.74) is 3.54. The second kappa shape index (κ2) is 10.3. The van der Waals surface area contributed by atoms with Crippen molar-refractivity contribution in [3.63, 3.8) is 0 Å². The number of sulfone groups is 1. The van der Waals surface area contributed by atoms with Crippen LogP contribution in [-0.4, -0.2) is 95.9 Å². The van der Waals surface area contributed by atoms with E-state index in [1.165, 1.54) is 6.33 Å². The molecule has 4 aliphatic rings. The number of nitrogens with one attached hydrogen (secondary N) is 1. The molecule has 0 saturated carbocycles. The molecular weight excluding hydrogens is 518 g/mol. The number of ether oxygens (including phenoxy) is 1. The largest absolute Gasteiger partial charge is 0.485 e. The van der Waals surface area contributed by atoms with E-state index in [0.29, 0.717) is 42.4 Å². The van der Waals surface area contributed by atoms with Crippen molar-refractivity contribution in [2.75, 3.05) is 61.0 Å². The highest BCUT2D eigenvalue weighted by atomic mass is 32.2. The molecule has 2 aromatic heterocycles. The number of pyridine rings is 1. The van der Waals surface area contributed by atoms with E-state index >= 15 is 0 Å². The summed E-state index contributed by atoms with van der Waals surface area (Å²) in [7, 11) is -3.00. The molecule has 1 amide bonds. The van der Waals surface area contributed by atoms with Crippen molar-refractivity contribution in [1.29, 1.82) is 0 Å². The first-order valence-electron chi connectivity index (χ1n) is 13.5. The van der Waals surface area contributed by atoms with Gasteiger partial charge in [0, 0.05) is 43.8 Å². The number of carbonyl (C=O) groups is 1. The van der Waals surface area contributed by atoms with Gasteiger partial charge in [0.1, 0.15) is 24.6 Å². The SMILES string of the molecule is CC#CC(=O)N1CC(N2CCC(c3cc4c(c(C)n3)OCc3c(ncnc3N3CCS(=O)(=O)CC3)N4)CC2)C1. The third-order valence-electron chi connectivity index (χ3n) is 8.19. The van der Waals surface area contributed by atoms with E-state index in [2.05, 4.69) is 38.1 Å². The molecule has 4 aliphatic heterocycles. The summed E-state index contributed by atoms with van der Waals surface area (Å²) in [5, 5.41) is 3.47. The molecule has 0 aliphatic carbocycles.